The minimum atomic E-state index is -0.570. The SMILES string of the molecule is O=C(Cn1c(=O)n(Cc2ccc(F)cc2)c(=O)c2ccccc21)N1CCOCC1. The molecule has 0 bridgehead atoms. The molecule has 7 nitrogen and oxygen atoms in total. The zero-order chi connectivity index (χ0) is 20.4. The average molecular weight is 397 g/mol. The molecule has 8 heteroatoms. The summed E-state index contributed by atoms with van der Waals surface area (Å²) >= 11 is 0. The maximum absolute atomic E-state index is 13.2. The van der Waals surface area contributed by atoms with Crippen molar-refractivity contribution in [2.24, 2.45) is 0 Å². The lowest BCUT2D eigenvalue weighted by atomic mass is 10.2. The van der Waals surface area contributed by atoms with Gasteiger partial charge in [-0.3, -0.25) is 18.7 Å². The van der Waals surface area contributed by atoms with E-state index in [1.165, 1.54) is 28.8 Å². The maximum Gasteiger partial charge on any atom is 0.332 e. The Hall–Kier alpha value is -3.26. The van der Waals surface area contributed by atoms with Gasteiger partial charge in [-0.05, 0) is 29.8 Å². The zero-order valence-electron chi connectivity index (χ0n) is 15.7. The molecule has 4 rings (SSSR count). The van der Waals surface area contributed by atoms with E-state index < -0.39 is 17.1 Å². The molecule has 1 saturated heterocycles. The Morgan fingerprint density at radius 3 is 2.38 bits per heavy atom. The first kappa shape index (κ1) is 19.1. The van der Waals surface area contributed by atoms with E-state index in [-0.39, 0.29) is 19.0 Å². The number of hydrogen-bond acceptors (Lipinski definition) is 4. The third-order valence-corrected chi connectivity index (χ3v) is 5.04. The predicted molar refractivity (Wildman–Crippen MR) is 105 cm³/mol. The Morgan fingerprint density at radius 2 is 1.66 bits per heavy atom. The van der Waals surface area contributed by atoms with Crippen LogP contribution in [0.25, 0.3) is 10.9 Å². The number of carbonyl (C=O) groups is 1. The van der Waals surface area contributed by atoms with Gasteiger partial charge in [-0.2, -0.15) is 0 Å². The summed E-state index contributed by atoms with van der Waals surface area (Å²) in [6.45, 7) is 1.70. The van der Waals surface area contributed by atoms with Crippen molar-refractivity contribution in [1.29, 1.82) is 0 Å². The second-order valence-electron chi connectivity index (χ2n) is 6.90. The van der Waals surface area contributed by atoms with Gasteiger partial charge in [-0.25, -0.2) is 9.18 Å². The molecule has 0 aliphatic carbocycles. The number of amides is 1. The number of carbonyl (C=O) groups excluding carboxylic acids is 1. The van der Waals surface area contributed by atoms with Crippen molar-refractivity contribution in [3.8, 4) is 0 Å². The van der Waals surface area contributed by atoms with Gasteiger partial charge in [-0.1, -0.05) is 24.3 Å². The van der Waals surface area contributed by atoms with E-state index in [2.05, 4.69) is 0 Å². The normalized spacial score (nSPS) is 14.3. The Bertz CT molecular complexity index is 1160. The van der Waals surface area contributed by atoms with Gasteiger partial charge in [0, 0.05) is 13.1 Å². The zero-order valence-corrected chi connectivity index (χ0v) is 15.7. The van der Waals surface area contributed by atoms with Crippen molar-refractivity contribution in [2.45, 2.75) is 13.1 Å². The number of fused-ring (bicyclic) bond motifs is 1. The van der Waals surface area contributed by atoms with E-state index in [0.29, 0.717) is 42.8 Å². The molecule has 1 aliphatic rings. The molecular formula is C21H20FN3O4. The number of hydrogen-bond donors (Lipinski definition) is 0. The summed E-state index contributed by atoms with van der Waals surface area (Å²) in [4.78, 5) is 40.5. The summed E-state index contributed by atoms with van der Waals surface area (Å²) in [6, 6.07) is 12.3. The molecule has 0 spiro atoms. The van der Waals surface area contributed by atoms with E-state index in [1.54, 1.807) is 29.2 Å². The Kier molecular flexibility index (Phi) is 5.26. The van der Waals surface area contributed by atoms with Crippen molar-refractivity contribution in [3.63, 3.8) is 0 Å². The van der Waals surface area contributed by atoms with Crippen LogP contribution in [-0.4, -0.2) is 46.2 Å². The predicted octanol–water partition coefficient (Wildman–Crippen LogP) is 1.21. The van der Waals surface area contributed by atoms with E-state index in [4.69, 9.17) is 4.74 Å². The topological polar surface area (TPSA) is 73.5 Å². The molecule has 29 heavy (non-hydrogen) atoms. The van der Waals surface area contributed by atoms with Gasteiger partial charge in [-0.15, -0.1) is 0 Å². The molecule has 0 atom stereocenters. The minimum Gasteiger partial charge on any atom is -0.378 e. The molecule has 1 amide bonds. The van der Waals surface area contributed by atoms with Gasteiger partial charge in [0.1, 0.15) is 12.4 Å². The molecule has 3 aromatic rings. The number of para-hydroxylation sites is 1. The standard InChI is InChI=1S/C21H20FN3O4/c22-16-7-5-15(6-8-16)13-25-20(27)17-3-1-2-4-18(17)24(21(25)28)14-19(26)23-9-11-29-12-10-23/h1-8H,9-14H2. The molecule has 2 aromatic carbocycles. The quantitative estimate of drug-likeness (QED) is 0.663. The molecule has 1 fully saturated rings. The van der Waals surface area contributed by atoms with Crippen LogP contribution < -0.4 is 11.2 Å². The van der Waals surface area contributed by atoms with Gasteiger partial charge >= 0.3 is 5.69 Å². The van der Waals surface area contributed by atoms with Crippen LogP contribution >= 0.6 is 0 Å². The summed E-state index contributed by atoms with van der Waals surface area (Å²) in [5.41, 5.74) is 0.0241. The first-order valence-electron chi connectivity index (χ1n) is 9.37. The van der Waals surface area contributed by atoms with Gasteiger partial charge < -0.3 is 9.64 Å². The molecule has 0 radical (unpaired) electrons. The maximum atomic E-state index is 13.2. The highest BCUT2D eigenvalue weighted by atomic mass is 19.1. The van der Waals surface area contributed by atoms with Crippen LogP contribution in [0, 0.1) is 5.82 Å². The lowest BCUT2D eigenvalue weighted by molar-refractivity contribution is -0.135. The number of benzene rings is 2. The minimum absolute atomic E-state index is 0.00543. The van der Waals surface area contributed by atoms with E-state index in [9.17, 15) is 18.8 Å². The summed E-state index contributed by atoms with van der Waals surface area (Å²) in [6.07, 6.45) is 0. The van der Waals surface area contributed by atoms with Crippen molar-refractivity contribution < 1.29 is 13.9 Å². The summed E-state index contributed by atoms with van der Waals surface area (Å²) in [7, 11) is 0. The van der Waals surface area contributed by atoms with Crippen molar-refractivity contribution in [3.05, 3.63) is 80.7 Å². The highest BCUT2D eigenvalue weighted by Gasteiger charge is 2.20. The van der Waals surface area contributed by atoms with E-state index in [1.807, 2.05) is 0 Å². The summed E-state index contributed by atoms with van der Waals surface area (Å²) < 4.78 is 20.9. The molecule has 0 unspecified atom stereocenters. The lowest BCUT2D eigenvalue weighted by Gasteiger charge is -2.27. The van der Waals surface area contributed by atoms with Crippen LogP contribution in [0.5, 0.6) is 0 Å². The largest absolute Gasteiger partial charge is 0.378 e. The van der Waals surface area contributed by atoms with Crippen molar-refractivity contribution in [1.82, 2.24) is 14.0 Å². The number of ether oxygens (including phenoxy) is 1. The van der Waals surface area contributed by atoms with Gasteiger partial charge in [0.25, 0.3) is 5.56 Å². The van der Waals surface area contributed by atoms with Crippen LogP contribution in [-0.2, 0) is 22.6 Å². The molecule has 0 saturated carbocycles. The van der Waals surface area contributed by atoms with Crippen LogP contribution in [0.4, 0.5) is 4.39 Å². The fraction of sp³-hybridized carbons (Fsp3) is 0.286. The van der Waals surface area contributed by atoms with Crippen molar-refractivity contribution >= 4 is 16.8 Å². The fourth-order valence-corrected chi connectivity index (χ4v) is 3.48. The fourth-order valence-electron chi connectivity index (χ4n) is 3.48. The second-order valence-corrected chi connectivity index (χ2v) is 6.90. The van der Waals surface area contributed by atoms with Gasteiger partial charge in [0.2, 0.25) is 5.91 Å². The number of rotatable bonds is 4. The monoisotopic (exact) mass is 397 g/mol. The lowest BCUT2D eigenvalue weighted by Crippen LogP contribution is -2.46. The smallest absolute Gasteiger partial charge is 0.332 e. The molecular weight excluding hydrogens is 377 g/mol. The van der Waals surface area contributed by atoms with E-state index in [0.717, 1.165) is 4.57 Å². The highest BCUT2D eigenvalue weighted by molar-refractivity contribution is 5.81. The van der Waals surface area contributed by atoms with Crippen molar-refractivity contribution in [2.75, 3.05) is 26.3 Å². The number of nitrogens with zero attached hydrogens (tertiary/aromatic N) is 3. The second kappa shape index (κ2) is 8.00. The highest BCUT2D eigenvalue weighted by Crippen LogP contribution is 2.10. The molecule has 1 aromatic heterocycles. The van der Waals surface area contributed by atoms with Crippen LogP contribution in [0.3, 0.4) is 0 Å². The average Bonchev–Trinajstić information content (AvgIpc) is 2.76. The number of halogens is 1. The number of aromatic nitrogens is 2. The van der Waals surface area contributed by atoms with Gasteiger partial charge in [0.05, 0.1) is 30.7 Å². The van der Waals surface area contributed by atoms with E-state index >= 15 is 0 Å². The Morgan fingerprint density at radius 1 is 0.966 bits per heavy atom. The molecule has 2 heterocycles. The molecule has 0 N–H and O–H groups in total. The Labute approximate surface area is 165 Å². The Balaban J connectivity index is 1.78. The molecule has 1 aliphatic heterocycles. The van der Waals surface area contributed by atoms with Gasteiger partial charge in [0.15, 0.2) is 0 Å². The molecule has 150 valence electrons. The first-order chi connectivity index (χ1) is 14.0. The van der Waals surface area contributed by atoms with Crippen LogP contribution in [0.15, 0.2) is 58.1 Å². The van der Waals surface area contributed by atoms with Crippen LogP contribution in [0.1, 0.15) is 5.56 Å². The number of morpholine rings is 1. The third-order valence-electron chi connectivity index (χ3n) is 5.04. The third kappa shape index (κ3) is 3.84. The first-order valence-corrected chi connectivity index (χ1v) is 9.37. The summed E-state index contributed by atoms with van der Waals surface area (Å²) in [5.74, 6) is -0.597. The van der Waals surface area contributed by atoms with Crippen LogP contribution in [0.2, 0.25) is 0 Å². The summed E-state index contributed by atoms with van der Waals surface area (Å²) in [5, 5.41) is 0.351.